The van der Waals surface area contributed by atoms with E-state index < -0.39 is 0 Å². The monoisotopic (exact) mass is 239 g/mol. The molecule has 0 radical (unpaired) electrons. The Morgan fingerprint density at radius 1 is 1.29 bits per heavy atom. The van der Waals surface area contributed by atoms with E-state index in [1.165, 1.54) is 0 Å². The highest BCUT2D eigenvalue weighted by molar-refractivity contribution is 5.38. The van der Waals surface area contributed by atoms with Gasteiger partial charge < -0.3 is 14.8 Å². The van der Waals surface area contributed by atoms with Crippen molar-refractivity contribution in [2.45, 2.75) is 26.7 Å². The second-order valence-corrected chi connectivity index (χ2v) is 3.76. The second-order valence-electron chi connectivity index (χ2n) is 3.76. The lowest BCUT2D eigenvalue weighted by atomic mass is 10.4. The Labute approximate surface area is 103 Å². The smallest absolute Gasteiger partial charge is 0.218 e. The maximum absolute atomic E-state index is 5.49. The summed E-state index contributed by atoms with van der Waals surface area (Å²) in [6.07, 6.45) is 1.92. The summed E-state index contributed by atoms with van der Waals surface area (Å²) in [6.45, 7) is 6.18. The average Bonchev–Trinajstić information content (AvgIpc) is 2.31. The number of rotatable bonds is 8. The fourth-order valence-corrected chi connectivity index (χ4v) is 1.34. The summed E-state index contributed by atoms with van der Waals surface area (Å²) in [5.41, 5.74) is 0. The second kappa shape index (κ2) is 7.84. The lowest BCUT2D eigenvalue weighted by Gasteiger charge is -2.09. The van der Waals surface area contributed by atoms with Gasteiger partial charge in [0.25, 0.3) is 0 Å². The van der Waals surface area contributed by atoms with E-state index >= 15 is 0 Å². The van der Waals surface area contributed by atoms with E-state index in [4.69, 9.17) is 9.47 Å². The minimum Gasteiger partial charge on any atom is -0.478 e. The first-order chi connectivity index (χ1) is 8.26. The van der Waals surface area contributed by atoms with Crippen LogP contribution in [-0.2, 0) is 4.74 Å². The van der Waals surface area contributed by atoms with Crippen LogP contribution in [-0.4, -0.2) is 36.8 Å². The maximum Gasteiger partial charge on any atom is 0.218 e. The third kappa shape index (κ3) is 5.49. The number of hydrogen-bond acceptors (Lipinski definition) is 5. The van der Waals surface area contributed by atoms with Crippen molar-refractivity contribution in [3.63, 3.8) is 0 Å². The molecule has 1 rings (SSSR count). The molecule has 0 saturated heterocycles. The molecule has 1 aromatic rings. The first-order valence-corrected chi connectivity index (χ1v) is 5.97. The van der Waals surface area contributed by atoms with Crippen molar-refractivity contribution in [2.24, 2.45) is 0 Å². The van der Waals surface area contributed by atoms with Gasteiger partial charge in [-0.1, -0.05) is 6.92 Å². The molecular formula is C12H21N3O2. The van der Waals surface area contributed by atoms with E-state index in [0.717, 1.165) is 31.8 Å². The average molecular weight is 239 g/mol. The zero-order valence-electron chi connectivity index (χ0n) is 10.8. The Morgan fingerprint density at radius 3 is 2.82 bits per heavy atom. The predicted octanol–water partition coefficient (Wildman–Crippen LogP) is 2.02. The summed E-state index contributed by atoms with van der Waals surface area (Å²) >= 11 is 0. The van der Waals surface area contributed by atoms with Crippen molar-refractivity contribution in [3.05, 3.63) is 11.9 Å². The summed E-state index contributed by atoms with van der Waals surface area (Å²) in [6, 6.07) is 1.83. The lowest BCUT2D eigenvalue weighted by molar-refractivity contribution is 0.197. The molecule has 0 aliphatic rings. The number of anilines is 1. The Bertz CT molecular complexity index is 332. The molecule has 96 valence electrons. The van der Waals surface area contributed by atoms with E-state index in [0.29, 0.717) is 18.3 Å². The van der Waals surface area contributed by atoms with Crippen LogP contribution in [0.4, 0.5) is 5.82 Å². The number of ether oxygens (including phenoxy) is 2. The molecule has 0 amide bonds. The minimum absolute atomic E-state index is 0.633. The van der Waals surface area contributed by atoms with Crippen LogP contribution in [0, 0.1) is 6.92 Å². The van der Waals surface area contributed by atoms with Gasteiger partial charge in [-0.05, 0) is 19.8 Å². The van der Waals surface area contributed by atoms with Crippen molar-refractivity contribution >= 4 is 5.82 Å². The molecule has 0 bridgehead atoms. The van der Waals surface area contributed by atoms with Gasteiger partial charge in [0.1, 0.15) is 11.6 Å². The SMILES string of the molecule is CCCOc1cc(NCCCOC)nc(C)n1. The van der Waals surface area contributed by atoms with Crippen LogP contribution < -0.4 is 10.1 Å². The fraction of sp³-hybridized carbons (Fsp3) is 0.667. The van der Waals surface area contributed by atoms with Gasteiger partial charge in [-0.25, -0.2) is 4.98 Å². The standard InChI is InChI=1S/C12H21N3O2/c1-4-7-17-12-9-11(14-10(2)15-12)13-6-5-8-16-3/h9H,4-8H2,1-3H3,(H,13,14,15). The zero-order valence-corrected chi connectivity index (χ0v) is 10.8. The van der Waals surface area contributed by atoms with Crippen molar-refractivity contribution in [1.29, 1.82) is 0 Å². The zero-order chi connectivity index (χ0) is 12.5. The number of aryl methyl sites for hydroxylation is 1. The van der Waals surface area contributed by atoms with E-state index in [1.54, 1.807) is 7.11 Å². The van der Waals surface area contributed by atoms with Gasteiger partial charge in [-0.3, -0.25) is 0 Å². The predicted molar refractivity (Wildman–Crippen MR) is 67.5 cm³/mol. The summed E-state index contributed by atoms with van der Waals surface area (Å²) in [4.78, 5) is 8.51. The van der Waals surface area contributed by atoms with Gasteiger partial charge in [-0.2, -0.15) is 4.98 Å². The summed E-state index contributed by atoms with van der Waals surface area (Å²) < 4.78 is 10.5. The Morgan fingerprint density at radius 2 is 2.12 bits per heavy atom. The van der Waals surface area contributed by atoms with Crippen LogP contribution in [0.15, 0.2) is 6.07 Å². The third-order valence-electron chi connectivity index (χ3n) is 2.10. The van der Waals surface area contributed by atoms with Crippen LogP contribution in [0.25, 0.3) is 0 Å². The quantitative estimate of drug-likeness (QED) is 0.703. The van der Waals surface area contributed by atoms with Gasteiger partial charge in [0.15, 0.2) is 0 Å². The largest absolute Gasteiger partial charge is 0.478 e. The van der Waals surface area contributed by atoms with Gasteiger partial charge in [-0.15, -0.1) is 0 Å². The van der Waals surface area contributed by atoms with Crippen molar-refractivity contribution in [2.75, 3.05) is 32.2 Å². The normalized spacial score (nSPS) is 10.3. The minimum atomic E-state index is 0.633. The van der Waals surface area contributed by atoms with Gasteiger partial charge >= 0.3 is 0 Å². The fourth-order valence-electron chi connectivity index (χ4n) is 1.34. The lowest BCUT2D eigenvalue weighted by Crippen LogP contribution is -2.08. The Balaban J connectivity index is 2.50. The highest BCUT2D eigenvalue weighted by Gasteiger charge is 2.02. The number of hydrogen-bond donors (Lipinski definition) is 1. The molecule has 0 aromatic carbocycles. The van der Waals surface area contributed by atoms with Crippen molar-refractivity contribution < 1.29 is 9.47 Å². The first kappa shape index (κ1) is 13.7. The number of aromatic nitrogens is 2. The molecule has 1 aromatic heterocycles. The molecule has 1 heterocycles. The molecular weight excluding hydrogens is 218 g/mol. The van der Waals surface area contributed by atoms with E-state index in [-0.39, 0.29) is 0 Å². The highest BCUT2D eigenvalue weighted by Crippen LogP contribution is 2.13. The first-order valence-electron chi connectivity index (χ1n) is 5.97. The molecule has 0 aliphatic carbocycles. The molecule has 1 N–H and O–H groups in total. The van der Waals surface area contributed by atoms with Crippen LogP contribution in [0.5, 0.6) is 5.88 Å². The van der Waals surface area contributed by atoms with E-state index in [2.05, 4.69) is 22.2 Å². The molecule has 5 heteroatoms. The van der Waals surface area contributed by atoms with E-state index in [9.17, 15) is 0 Å². The molecule has 0 spiro atoms. The molecule has 0 saturated carbocycles. The van der Waals surface area contributed by atoms with Crippen molar-refractivity contribution in [3.8, 4) is 5.88 Å². The molecule has 0 unspecified atom stereocenters. The van der Waals surface area contributed by atoms with Crippen molar-refractivity contribution in [1.82, 2.24) is 9.97 Å². The number of nitrogens with zero attached hydrogens (tertiary/aromatic N) is 2. The summed E-state index contributed by atoms with van der Waals surface area (Å²) in [5, 5.41) is 3.23. The van der Waals surface area contributed by atoms with Crippen LogP contribution in [0.3, 0.4) is 0 Å². The van der Waals surface area contributed by atoms with Crippen LogP contribution >= 0.6 is 0 Å². The number of methoxy groups -OCH3 is 1. The molecule has 17 heavy (non-hydrogen) atoms. The Kier molecular flexibility index (Phi) is 6.32. The molecule has 0 fully saturated rings. The highest BCUT2D eigenvalue weighted by atomic mass is 16.5. The summed E-state index contributed by atoms with van der Waals surface area (Å²) in [7, 11) is 1.70. The topological polar surface area (TPSA) is 56.3 Å². The van der Waals surface area contributed by atoms with Gasteiger partial charge in [0.2, 0.25) is 5.88 Å². The Hall–Kier alpha value is -1.36. The maximum atomic E-state index is 5.49. The number of nitrogens with one attached hydrogen (secondary N) is 1. The van der Waals surface area contributed by atoms with E-state index in [1.807, 2.05) is 13.0 Å². The summed E-state index contributed by atoms with van der Waals surface area (Å²) in [5.74, 6) is 2.15. The van der Waals surface area contributed by atoms with Crippen LogP contribution in [0.1, 0.15) is 25.6 Å². The third-order valence-corrected chi connectivity index (χ3v) is 2.10. The van der Waals surface area contributed by atoms with Crippen LogP contribution in [0.2, 0.25) is 0 Å². The molecule has 0 aliphatic heterocycles. The van der Waals surface area contributed by atoms with Gasteiger partial charge in [0, 0.05) is 26.3 Å². The molecule has 5 nitrogen and oxygen atoms in total. The molecule has 0 atom stereocenters. The van der Waals surface area contributed by atoms with Gasteiger partial charge in [0.05, 0.1) is 6.61 Å².